The predicted octanol–water partition coefficient (Wildman–Crippen LogP) is 0.390. The summed E-state index contributed by atoms with van der Waals surface area (Å²) < 4.78 is 0. The molecule has 48 valence electrons. The van der Waals surface area contributed by atoms with Gasteiger partial charge in [0.1, 0.15) is 7.11 Å². The minimum atomic E-state index is -0.325. The van der Waals surface area contributed by atoms with Crippen LogP contribution in [0.3, 0.4) is 0 Å². The summed E-state index contributed by atoms with van der Waals surface area (Å²) in [4.78, 5) is 4.35. The minimum absolute atomic E-state index is 0.325. The van der Waals surface area contributed by atoms with Gasteiger partial charge in [0.05, 0.1) is 6.10 Å². The Morgan fingerprint density at radius 3 is 2.88 bits per heavy atom. The Morgan fingerprint density at radius 2 is 2.50 bits per heavy atom. The molecule has 0 aromatic rings. The van der Waals surface area contributed by atoms with E-state index >= 15 is 0 Å². The fraction of sp³-hybridized carbons (Fsp3) is 0.800. The van der Waals surface area contributed by atoms with Crippen LogP contribution in [-0.4, -0.2) is 24.5 Å². The van der Waals surface area contributed by atoms with Crippen LogP contribution in [0.4, 0.5) is 0 Å². The third kappa shape index (κ3) is 5.43. The average molecular weight is 117 g/mol. The Labute approximate surface area is 49.0 Å². The first-order valence-corrected chi connectivity index (χ1v) is 2.50. The third-order valence-corrected chi connectivity index (χ3v) is 0.626. The second kappa shape index (κ2) is 4.59. The molecule has 0 spiro atoms. The fourth-order valence-corrected chi connectivity index (χ4v) is 0.270. The van der Waals surface area contributed by atoms with Gasteiger partial charge in [0.2, 0.25) is 0 Å². The molecule has 0 aliphatic carbocycles. The van der Waals surface area contributed by atoms with Crippen LogP contribution in [0.25, 0.3) is 0 Å². The first-order chi connectivity index (χ1) is 3.77. The van der Waals surface area contributed by atoms with E-state index in [-0.39, 0.29) is 6.10 Å². The van der Waals surface area contributed by atoms with Crippen molar-refractivity contribution in [1.29, 1.82) is 0 Å². The first kappa shape index (κ1) is 7.43. The van der Waals surface area contributed by atoms with Gasteiger partial charge >= 0.3 is 0 Å². The largest absolute Gasteiger partial charge is 0.399 e. The van der Waals surface area contributed by atoms with E-state index in [1.54, 1.807) is 6.92 Å². The first-order valence-electron chi connectivity index (χ1n) is 2.50. The van der Waals surface area contributed by atoms with Crippen LogP contribution in [0.1, 0.15) is 13.3 Å². The van der Waals surface area contributed by atoms with Gasteiger partial charge in [0.15, 0.2) is 0 Å². The van der Waals surface area contributed by atoms with Gasteiger partial charge in [-0.3, -0.25) is 0 Å². The molecule has 0 aliphatic heterocycles. The maximum Gasteiger partial charge on any atom is 0.106 e. The van der Waals surface area contributed by atoms with Crippen LogP contribution in [-0.2, 0) is 4.84 Å². The Hall–Kier alpha value is -0.570. The SMILES string of the molecule is CON=CCC(C)O. The molecule has 0 heterocycles. The van der Waals surface area contributed by atoms with Gasteiger partial charge in [0.25, 0.3) is 0 Å². The monoisotopic (exact) mass is 117 g/mol. The van der Waals surface area contributed by atoms with E-state index in [0.717, 1.165) is 0 Å². The summed E-state index contributed by atoms with van der Waals surface area (Å²) in [6.07, 6.45) is 1.76. The molecule has 3 heteroatoms. The van der Waals surface area contributed by atoms with Gasteiger partial charge in [-0.05, 0) is 6.92 Å². The maximum atomic E-state index is 8.63. The molecule has 3 nitrogen and oxygen atoms in total. The highest BCUT2D eigenvalue weighted by Gasteiger charge is 1.87. The standard InChI is InChI=1S/C5H11NO2/c1-5(7)3-4-6-8-2/h4-5,7H,3H2,1-2H3. The highest BCUT2D eigenvalue weighted by molar-refractivity contribution is 5.56. The van der Waals surface area contributed by atoms with Crippen molar-refractivity contribution in [3.8, 4) is 0 Å². The Kier molecular flexibility index (Phi) is 4.26. The summed E-state index contributed by atoms with van der Waals surface area (Å²) in [5.41, 5.74) is 0. The van der Waals surface area contributed by atoms with Gasteiger partial charge < -0.3 is 9.94 Å². The van der Waals surface area contributed by atoms with Crippen LogP contribution >= 0.6 is 0 Å². The lowest BCUT2D eigenvalue weighted by Crippen LogP contribution is -1.98. The molecular weight excluding hydrogens is 106 g/mol. The van der Waals surface area contributed by atoms with Gasteiger partial charge in [-0.2, -0.15) is 0 Å². The summed E-state index contributed by atoms with van der Waals surface area (Å²) in [6.45, 7) is 1.70. The van der Waals surface area contributed by atoms with Crippen molar-refractivity contribution in [3.05, 3.63) is 0 Å². The smallest absolute Gasteiger partial charge is 0.106 e. The van der Waals surface area contributed by atoms with E-state index < -0.39 is 0 Å². The molecule has 1 unspecified atom stereocenters. The van der Waals surface area contributed by atoms with Crippen LogP contribution in [0.5, 0.6) is 0 Å². The Bertz CT molecular complexity index is 70.8. The number of nitrogens with zero attached hydrogens (tertiary/aromatic N) is 1. The topological polar surface area (TPSA) is 41.8 Å². The lowest BCUT2D eigenvalue weighted by molar-refractivity contribution is 0.195. The molecule has 0 saturated heterocycles. The van der Waals surface area contributed by atoms with Crippen LogP contribution in [0, 0.1) is 0 Å². The van der Waals surface area contributed by atoms with E-state index in [2.05, 4.69) is 9.99 Å². The van der Waals surface area contributed by atoms with Gasteiger partial charge in [-0.15, -0.1) is 0 Å². The molecule has 0 saturated carbocycles. The zero-order valence-electron chi connectivity index (χ0n) is 5.16. The molecule has 0 aromatic carbocycles. The van der Waals surface area contributed by atoms with Crippen molar-refractivity contribution in [2.75, 3.05) is 7.11 Å². The molecule has 1 atom stereocenters. The van der Waals surface area contributed by atoms with Gasteiger partial charge in [-0.1, -0.05) is 5.16 Å². The zero-order chi connectivity index (χ0) is 6.41. The number of hydrogen-bond acceptors (Lipinski definition) is 3. The number of aliphatic hydroxyl groups is 1. The zero-order valence-corrected chi connectivity index (χ0v) is 5.16. The number of aliphatic hydroxyl groups excluding tert-OH is 1. The fourth-order valence-electron chi connectivity index (χ4n) is 0.270. The number of hydrogen-bond donors (Lipinski definition) is 1. The van der Waals surface area contributed by atoms with Crippen molar-refractivity contribution in [2.24, 2.45) is 5.16 Å². The molecule has 0 fully saturated rings. The molecule has 0 aromatic heterocycles. The predicted molar refractivity (Wildman–Crippen MR) is 31.8 cm³/mol. The van der Waals surface area contributed by atoms with Crippen LogP contribution in [0.2, 0.25) is 0 Å². The summed E-state index contributed by atoms with van der Waals surface area (Å²) in [6, 6.07) is 0. The van der Waals surface area contributed by atoms with Gasteiger partial charge in [-0.25, -0.2) is 0 Å². The quantitative estimate of drug-likeness (QED) is 0.429. The van der Waals surface area contributed by atoms with Crippen molar-refractivity contribution in [2.45, 2.75) is 19.4 Å². The second-order valence-corrected chi connectivity index (χ2v) is 1.56. The van der Waals surface area contributed by atoms with Crippen LogP contribution in [0.15, 0.2) is 5.16 Å². The van der Waals surface area contributed by atoms with Crippen molar-refractivity contribution < 1.29 is 9.94 Å². The van der Waals surface area contributed by atoms with Crippen molar-refractivity contribution in [1.82, 2.24) is 0 Å². The molecule has 8 heavy (non-hydrogen) atoms. The Balaban J connectivity index is 3.03. The molecule has 0 bridgehead atoms. The van der Waals surface area contributed by atoms with Crippen LogP contribution < -0.4 is 0 Å². The number of rotatable bonds is 3. The molecule has 1 N–H and O–H groups in total. The second-order valence-electron chi connectivity index (χ2n) is 1.56. The number of oxime groups is 1. The normalized spacial score (nSPS) is 14.4. The highest BCUT2D eigenvalue weighted by atomic mass is 16.6. The summed E-state index contributed by atoms with van der Waals surface area (Å²) in [7, 11) is 1.47. The summed E-state index contributed by atoms with van der Waals surface area (Å²) >= 11 is 0. The Morgan fingerprint density at radius 1 is 1.88 bits per heavy atom. The van der Waals surface area contributed by atoms with Crippen molar-refractivity contribution in [3.63, 3.8) is 0 Å². The molecule has 0 rings (SSSR count). The van der Waals surface area contributed by atoms with E-state index in [1.807, 2.05) is 0 Å². The van der Waals surface area contributed by atoms with E-state index in [0.29, 0.717) is 6.42 Å². The lowest BCUT2D eigenvalue weighted by atomic mass is 10.3. The molecule has 0 radical (unpaired) electrons. The van der Waals surface area contributed by atoms with Crippen molar-refractivity contribution >= 4 is 6.21 Å². The van der Waals surface area contributed by atoms with E-state index in [4.69, 9.17) is 5.11 Å². The van der Waals surface area contributed by atoms with Gasteiger partial charge in [0, 0.05) is 12.6 Å². The maximum absolute atomic E-state index is 8.63. The lowest BCUT2D eigenvalue weighted by Gasteiger charge is -1.93. The summed E-state index contributed by atoms with van der Waals surface area (Å²) in [5.74, 6) is 0. The molecule has 0 aliphatic rings. The molecular formula is C5H11NO2. The third-order valence-electron chi connectivity index (χ3n) is 0.626. The van der Waals surface area contributed by atoms with E-state index in [9.17, 15) is 0 Å². The highest BCUT2D eigenvalue weighted by Crippen LogP contribution is 1.83. The summed E-state index contributed by atoms with van der Waals surface area (Å²) in [5, 5.41) is 12.1. The molecule has 0 amide bonds. The minimum Gasteiger partial charge on any atom is -0.399 e. The van der Waals surface area contributed by atoms with E-state index in [1.165, 1.54) is 13.3 Å². The average Bonchev–Trinajstić information content (AvgIpc) is 1.66.